The first-order chi connectivity index (χ1) is 9.28. The molecule has 0 aliphatic heterocycles. The van der Waals surface area contributed by atoms with Gasteiger partial charge in [-0.1, -0.05) is 13.8 Å². The molecule has 1 saturated carbocycles. The minimum atomic E-state index is -3.47. The van der Waals surface area contributed by atoms with E-state index >= 15 is 0 Å². The van der Waals surface area contributed by atoms with Gasteiger partial charge in [0.25, 0.3) is 10.0 Å². The minimum Gasteiger partial charge on any atom is -0.447 e. The molecule has 0 radical (unpaired) electrons. The van der Waals surface area contributed by atoms with E-state index in [4.69, 9.17) is 4.42 Å². The molecule has 0 saturated heterocycles. The van der Waals surface area contributed by atoms with Crippen molar-refractivity contribution in [2.75, 3.05) is 20.6 Å². The lowest BCUT2D eigenvalue weighted by Gasteiger charge is -2.19. The number of hydrogen-bond donors (Lipinski definition) is 1. The number of nitrogens with one attached hydrogen (secondary N) is 1. The molecule has 1 aliphatic carbocycles. The summed E-state index contributed by atoms with van der Waals surface area (Å²) >= 11 is 0. The normalized spacial score (nSPS) is 17.9. The van der Waals surface area contributed by atoms with Crippen LogP contribution in [0.4, 0.5) is 0 Å². The van der Waals surface area contributed by atoms with Crippen LogP contribution in [0.3, 0.4) is 0 Å². The van der Waals surface area contributed by atoms with E-state index in [1.165, 1.54) is 33.0 Å². The molecule has 0 bridgehead atoms. The van der Waals surface area contributed by atoms with E-state index < -0.39 is 10.0 Å². The van der Waals surface area contributed by atoms with E-state index in [-0.39, 0.29) is 5.09 Å². The number of furan rings is 1. The Morgan fingerprint density at radius 3 is 2.50 bits per heavy atom. The van der Waals surface area contributed by atoms with Crippen LogP contribution in [0.15, 0.2) is 21.6 Å². The van der Waals surface area contributed by atoms with E-state index in [1.54, 1.807) is 6.07 Å². The van der Waals surface area contributed by atoms with Gasteiger partial charge in [-0.25, -0.2) is 12.7 Å². The third-order valence-electron chi connectivity index (χ3n) is 4.27. The highest BCUT2D eigenvalue weighted by atomic mass is 32.2. The quantitative estimate of drug-likeness (QED) is 0.837. The van der Waals surface area contributed by atoms with Crippen molar-refractivity contribution in [2.24, 2.45) is 11.3 Å². The highest BCUT2D eigenvalue weighted by Gasteiger charge is 2.44. The Bertz CT molecular complexity index is 557. The van der Waals surface area contributed by atoms with Crippen LogP contribution >= 0.6 is 0 Å². The first kappa shape index (κ1) is 15.5. The minimum absolute atomic E-state index is 0.00398. The second-order valence-corrected chi connectivity index (χ2v) is 8.21. The summed E-state index contributed by atoms with van der Waals surface area (Å²) in [5.41, 5.74) is 0.436. The molecule has 1 aromatic rings. The van der Waals surface area contributed by atoms with Crippen molar-refractivity contribution in [2.45, 2.75) is 38.3 Å². The monoisotopic (exact) mass is 300 g/mol. The third-order valence-corrected chi connectivity index (χ3v) is 5.95. The van der Waals surface area contributed by atoms with Crippen molar-refractivity contribution >= 4 is 10.0 Å². The predicted molar refractivity (Wildman–Crippen MR) is 77.8 cm³/mol. The first-order valence-corrected chi connectivity index (χ1v) is 8.44. The molecule has 2 rings (SSSR count). The molecule has 0 unspecified atom stereocenters. The van der Waals surface area contributed by atoms with Crippen molar-refractivity contribution in [1.29, 1.82) is 0 Å². The van der Waals surface area contributed by atoms with Gasteiger partial charge < -0.3 is 9.73 Å². The van der Waals surface area contributed by atoms with Crippen LogP contribution in [-0.4, -0.2) is 33.4 Å². The van der Waals surface area contributed by atoms with Gasteiger partial charge in [-0.3, -0.25) is 0 Å². The molecule has 1 heterocycles. The van der Waals surface area contributed by atoms with Crippen LogP contribution in [0.25, 0.3) is 0 Å². The Balaban J connectivity index is 1.91. The maximum atomic E-state index is 11.9. The molecule has 1 N–H and O–H groups in total. The standard InChI is InChI=1S/C14H24N2O3S/c1-11(2)14(7-8-14)10-15-9-12-5-6-13(19-12)20(17,18)16(3)4/h5-6,11,15H,7-10H2,1-4H3. The first-order valence-electron chi connectivity index (χ1n) is 7.00. The van der Waals surface area contributed by atoms with E-state index in [0.717, 1.165) is 10.8 Å². The SMILES string of the molecule is CC(C)C1(CNCc2ccc(S(=O)(=O)N(C)C)o2)CC1. The van der Waals surface area contributed by atoms with Gasteiger partial charge in [-0.2, -0.15) is 0 Å². The van der Waals surface area contributed by atoms with Gasteiger partial charge >= 0.3 is 0 Å². The molecule has 6 heteroatoms. The van der Waals surface area contributed by atoms with Gasteiger partial charge in [0.1, 0.15) is 5.76 Å². The smallest absolute Gasteiger partial charge is 0.275 e. The zero-order valence-corrected chi connectivity index (χ0v) is 13.5. The lowest BCUT2D eigenvalue weighted by Crippen LogP contribution is -2.27. The topological polar surface area (TPSA) is 62.6 Å². The van der Waals surface area contributed by atoms with Crippen molar-refractivity contribution in [3.63, 3.8) is 0 Å². The summed E-state index contributed by atoms with van der Waals surface area (Å²) in [4.78, 5) is 0. The van der Waals surface area contributed by atoms with Crippen LogP contribution in [0.2, 0.25) is 0 Å². The lowest BCUT2D eigenvalue weighted by atomic mass is 9.92. The molecule has 0 aromatic carbocycles. The van der Waals surface area contributed by atoms with E-state index in [0.29, 0.717) is 23.6 Å². The molecule has 1 fully saturated rings. The van der Waals surface area contributed by atoms with E-state index in [2.05, 4.69) is 19.2 Å². The third kappa shape index (κ3) is 3.07. The summed E-state index contributed by atoms with van der Waals surface area (Å²) in [6.07, 6.45) is 2.55. The second-order valence-electron chi connectivity index (χ2n) is 6.13. The van der Waals surface area contributed by atoms with Crippen LogP contribution in [0, 0.1) is 11.3 Å². The Kier molecular flexibility index (Phi) is 4.27. The van der Waals surface area contributed by atoms with Crippen molar-refractivity contribution in [3.8, 4) is 0 Å². The zero-order valence-electron chi connectivity index (χ0n) is 12.6. The fourth-order valence-corrected chi connectivity index (χ4v) is 3.14. The molecule has 1 aromatic heterocycles. The Hall–Kier alpha value is -0.850. The highest BCUT2D eigenvalue weighted by Crippen LogP contribution is 2.51. The summed E-state index contributed by atoms with van der Waals surface area (Å²) in [7, 11) is -0.481. The fraction of sp³-hybridized carbons (Fsp3) is 0.714. The lowest BCUT2D eigenvalue weighted by molar-refractivity contribution is 0.325. The molecule has 1 aliphatic rings. The number of hydrogen-bond acceptors (Lipinski definition) is 4. The van der Waals surface area contributed by atoms with Crippen molar-refractivity contribution < 1.29 is 12.8 Å². The summed E-state index contributed by atoms with van der Waals surface area (Å²) in [5, 5.41) is 3.38. The van der Waals surface area contributed by atoms with Gasteiger partial charge in [0, 0.05) is 20.6 Å². The number of rotatable bonds is 7. The molecule has 5 nitrogen and oxygen atoms in total. The van der Waals surface area contributed by atoms with Crippen molar-refractivity contribution in [1.82, 2.24) is 9.62 Å². The van der Waals surface area contributed by atoms with Gasteiger partial charge in [0.15, 0.2) is 0 Å². The average molecular weight is 300 g/mol. The van der Waals surface area contributed by atoms with E-state index in [9.17, 15) is 8.42 Å². The maximum absolute atomic E-state index is 11.9. The molecule has 20 heavy (non-hydrogen) atoms. The summed E-state index contributed by atoms with van der Waals surface area (Å²) in [6, 6.07) is 3.24. The molecule has 0 amide bonds. The predicted octanol–water partition coefficient (Wildman–Crippen LogP) is 2.06. The molecule has 0 atom stereocenters. The molecule has 114 valence electrons. The summed E-state index contributed by atoms with van der Waals surface area (Å²) in [6.45, 7) is 6.03. The molecule has 0 spiro atoms. The fourth-order valence-electron chi connectivity index (χ4n) is 2.33. The van der Waals surface area contributed by atoms with Gasteiger partial charge in [0.05, 0.1) is 6.54 Å². The Labute approximate surface area is 121 Å². The number of nitrogens with zero attached hydrogens (tertiary/aromatic N) is 1. The van der Waals surface area contributed by atoms with Gasteiger partial charge in [0.2, 0.25) is 5.09 Å². The maximum Gasteiger partial charge on any atom is 0.275 e. The molecular weight excluding hydrogens is 276 g/mol. The second kappa shape index (κ2) is 5.50. The highest BCUT2D eigenvalue weighted by molar-refractivity contribution is 7.88. The number of sulfonamides is 1. The largest absolute Gasteiger partial charge is 0.447 e. The van der Waals surface area contributed by atoms with Gasteiger partial charge in [-0.05, 0) is 36.3 Å². The van der Waals surface area contributed by atoms with E-state index in [1.807, 2.05) is 0 Å². The Morgan fingerprint density at radius 2 is 2.00 bits per heavy atom. The van der Waals surface area contributed by atoms with Crippen molar-refractivity contribution in [3.05, 3.63) is 17.9 Å². The summed E-state index contributed by atoms with van der Waals surface area (Å²) in [5.74, 6) is 1.33. The van der Waals surface area contributed by atoms with Crippen LogP contribution in [-0.2, 0) is 16.6 Å². The van der Waals surface area contributed by atoms with Gasteiger partial charge in [-0.15, -0.1) is 0 Å². The van der Waals surface area contributed by atoms with Crippen LogP contribution < -0.4 is 5.32 Å². The van der Waals surface area contributed by atoms with Crippen LogP contribution in [0.5, 0.6) is 0 Å². The molecular formula is C14H24N2O3S. The zero-order chi connectivity index (χ0) is 15.0. The average Bonchev–Trinajstić information content (AvgIpc) is 2.99. The summed E-state index contributed by atoms with van der Waals surface area (Å²) < 4.78 is 30.3. The van der Waals surface area contributed by atoms with Crippen LogP contribution in [0.1, 0.15) is 32.4 Å². The Morgan fingerprint density at radius 1 is 1.35 bits per heavy atom.